The van der Waals surface area contributed by atoms with Crippen molar-refractivity contribution in [1.29, 1.82) is 0 Å². The van der Waals surface area contributed by atoms with Gasteiger partial charge in [0, 0.05) is 17.2 Å². The lowest BCUT2D eigenvalue weighted by Gasteiger charge is -2.07. The van der Waals surface area contributed by atoms with Crippen molar-refractivity contribution in [1.82, 2.24) is 9.97 Å². The summed E-state index contributed by atoms with van der Waals surface area (Å²) in [5, 5.41) is 0.814. The summed E-state index contributed by atoms with van der Waals surface area (Å²) < 4.78 is 0. The molecule has 104 valence electrons. The second-order valence-electron chi connectivity index (χ2n) is 4.45. The van der Waals surface area contributed by atoms with Gasteiger partial charge in [-0.05, 0) is 6.07 Å². The van der Waals surface area contributed by atoms with Crippen molar-refractivity contribution in [3.8, 4) is 22.6 Å². The highest BCUT2D eigenvalue weighted by atomic mass is 35.5. The highest BCUT2D eigenvalue weighted by Crippen LogP contribution is 2.32. The molecular weight excluding hydrogens is 307 g/mol. The lowest BCUT2D eigenvalue weighted by Crippen LogP contribution is -2.08. The molecule has 0 radical (unpaired) electrons. The molecule has 0 saturated carbocycles. The third-order valence-electron chi connectivity index (χ3n) is 3.02. The molecule has 1 heterocycles. The molecule has 1 aromatic heterocycles. The molecule has 2 aromatic carbocycles. The van der Waals surface area contributed by atoms with Crippen LogP contribution in [0.15, 0.2) is 59.4 Å². The fourth-order valence-corrected chi connectivity index (χ4v) is 2.43. The van der Waals surface area contributed by atoms with Crippen molar-refractivity contribution < 1.29 is 0 Å². The van der Waals surface area contributed by atoms with Gasteiger partial charge >= 0.3 is 0 Å². The van der Waals surface area contributed by atoms with Crippen molar-refractivity contribution in [3.05, 3.63) is 75.0 Å². The number of hydrogen-bond donors (Lipinski definition) is 1. The quantitative estimate of drug-likeness (QED) is 0.761. The van der Waals surface area contributed by atoms with E-state index in [0.29, 0.717) is 27.1 Å². The number of hydrogen-bond acceptors (Lipinski definition) is 2. The van der Waals surface area contributed by atoms with Gasteiger partial charge in [0.05, 0.1) is 15.7 Å². The Hall–Kier alpha value is -2.10. The fourth-order valence-electron chi connectivity index (χ4n) is 2.03. The minimum absolute atomic E-state index is 0.241. The number of rotatable bonds is 2. The smallest absolute Gasteiger partial charge is 0.251 e. The molecule has 0 bridgehead atoms. The summed E-state index contributed by atoms with van der Waals surface area (Å²) in [7, 11) is 0. The van der Waals surface area contributed by atoms with Crippen LogP contribution in [0.1, 0.15) is 0 Å². The number of nitrogens with one attached hydrogen (secondary N) is 1. The second kappa shape index (κ2) is 5.72. The van der Waals surface area contributed by atoms with Gasteiger partial charge in [-0.3, -0.25) is 4.79 Å². The van der Waals surface area contributed by atoms with Crippen LogP contribution >= 0.6 is 23.2 Å². The zero-order valence-electron chi connectivity index (χ0n) is 10.8. The first kappa shape index (κ1) is 13.9. The number of nitrogens with zero attached hydrogens (tertiary/aromatic N) is 1. The standard InChI is InChI=1S/C16H10Cl2N2O/c17-12-8-4-7-11(15(12)18)13-9-14(21)20-16(19-13)10-5-2-1-3-6-10/h1-9H,(H,19,20,21). The number of aromatic nitrogens is 2. The first-order valence-corrected chi connectivity index (χ1v) is 7.02. The van der Waals surface area contributed by atoms with Crippen molar-refractivity contribution in [2.45, 2.75) is 0 Å². The van der Waals surface area contributed by atoms with E-state index in [9.17, 15) is 4.79 Å². The molecule has 0 fully saturated rings. The molecule has 0 atom stereocenters. The molecule has 3 aromatic rings. The highest BCUT2D eigenvalue weighted by molar-refractivity contribution is 6.43. The Balaban J connectivity index is 2.19. The highest BCUT2D eigenvalue weighted by Gasteiger charge is 2.11. The van der Waals surface area contributed by atoms with Crippen molar-refractivity contribution >= 4 is 23.2 Å². The van der Waals surface area contributed by atoms with Crippen LogP contribution in [0.3, 0.4) is 0 Å². The Morgan fingerprint density at radius 2 is 1.71 bits per heavy atom. The van der Waals surface area contributed by atoms with Crippen molar-refractivity contribution in [2.75, 3.05) is 0 Å². The number of halogens is 2. The molecule has 0 aliphatic carbocycles. The maximum atomic E-state index is 11.9. The van der Waals surface area contributed by atoms with Gasteiger partial charge in [0.15, 0.2) is 0 Å². The van der Waals surface area contributed by atoms with Crippen LogP contribution in [0.2, 0.25) is 10.0 Å². The predicted molar refractivity (Wildman–Crippen MR) is 85.7 cm³/mol. The molecule has 1 N–H and O–H groups in total. The van der Waals surface area contributed by atoms with Crippen LogP contribution in [0, 0.1) is 0 Å². The summed E-state index contributed by atoms with van der Waals surface area (Å²) >= 11 is 12.2. The number of benzene rings is 2. The molecule has 0 amide bonds. The zero-order valence-corrected chi connectivity index (χ0v) is 12.3. The summed E-state index contributed by atoms with van der Waals surface area (Å²) in [6.45, 7) is 0. The van der Waals surface area contributed by atoms with E-state index < -0.39 is 0 Å². The molecule has 3 nitrogen and oxygen atoms in total. The van der Waals surface area contributed by atoms with E-state index in [1.165, 1.54) is 6.07 Å². The second-order valence-corrected chi connectivity index (χ2v) is 5.23. The van der Waals surface area contributed by atoms with Gasteiger partial charge in [0.2, 0.25) is 0 Å². The Morgan fingerprint density at radius 1 is 0.952 bits per heavy atom. The van der Waals surface area contributed by atoms with Gasteiger partial charge < -0.3 is 4.98 Å². The molecule has 3 rings (SSSR count). The molecule has 0 unspecified atom stereocenters. The Bertz CT molecular complexity index is 844. The Labute approximate surface area is 131 Å². The summed E-state index contributed by atoms with van der Waals surface area (Å²) in [4.78, 5) is 19.1. The summed E-state index contributed by atoms with van der Waals surface area (Å²) in [5.74, 6) is 0.495. The molecule has 0 aliphatic rings. The van der Waals surface area contributed by atoms with Crippen LogP contribution in [-0.4, -0.2) is 9.97 Å². The van der Waals surface area contributed by atoms with E-state index in [1.54, 1.807) is 18.2 Å². The van der Waals surface area contributed by atoms with E-state index in [4.69, 9.17) is 23.2 Å². The van der Waals surface area contributed by atoms with Gasteiger partial charge in [-0.1, -0.05) is 65.7 Å². The molecule has 0 aliphatic heterocycles. The van der Waals surface area contributed by atoms with Crippen LogP contribution in [0.25, 0.3) is 22.6 Å². The lowest BCUT2D eigenvalue weighted by molar-refractivity contribution is 1.13. The van der Waals surface area contributed by atoms with Gasteiger partial charge in [-0.2, -0.15) is 0 Å². The van der Waals surface area contributed by atoms with Crippen molar-refractivity contribution in [2.24, 2.45) is 0 Å². The van der Waals surface area contributed by atoms with Gasteiger partial charge in [0.1, 0.15) is 5.82 Å². The van der Waals surface area contributed by atoms with E-state index in [1.807, 2.05) is 30.3 Å². The Kier molecular flexibility index (Phi) is 3.78. The minimum atomic E-state index is -0.241. The normalized spacial score (nSPS) is 10.6. The average molecular weight is 317 g/mol. The van der Waals surface area contributed by atoms with Crippen molar-refractivity contribution in [3.63, 3.8) is 0 Å². The molecular formula is C16H10Cl2N2O. The maximum Gasteiger partial charge on any atom is 0.251 e. The van der Waals surface area contributed by atoms with Gasteiger partial charge in [0.25, 0.3) is 5.56 Å². The van der Waals surface area contributed by atoms with Crippen LogP contribution < -0.4 is 5.56 Å². The van der Waals surface area contributed by atoms with E-state index in [-0.39, 0.29) is 5.56 Å². The van der Waals surface area contributed by atoms with E-state index in [0.717, 1.165) is 5.56 Å². The summed E-state index contributed by atoms with van der Waals surface area (Å²) in [6, 6.07) is 16.1. The number of aromatic amines is 1. The first-order chi connectivity index (χ1) is 10.1. The third kappa shape index (κ3) is 2.84. The first-order valence-electron chi connectivity index (χ1n) is 6.26. The van der Waals surface area contributed by atoms with Crippen LogP contribution in [0.4, 0.5) is 0 Å². The monoisotopic (exact) mass is 316 g/mol. The molecule has 21 heavy (non-hydrogen) atoms. The molecule has 5 heteroatoms. The maximum absolute atomic E-state index is 11.9. The van der Waals surface area contributed by atoms with Gasteiger partial charge in [-0.25, -0.2) is 4.98 Å². The number of H-pyrrole nitrogens is 1. The largest absolute Gasteiger partial charge is 0.306 e. The van der Waals surface area contributed by atoms with Crippen LogP contribution in [-0.2, 0) is 0 Å². The minimum Gasteiger partial charge on any atom is -0.306 e. The third-order valence-corrected chi connectivity index (χ3v) is 3.84. The predicted octanol–water partition coefficient (Wildman–Crippen LogP) is 4.41. The average Bonchev–Trinajstić information content (AvgIpc) is 2.50. The fraction of sp³-hybridized carbons (Fsp3) is 0. The SMILES string of the molecule is O=c1cc(-c2cccc(Cl)c2Cl)nc(-c2ccccc2)[nH]1. The molecule has 0 spiro atoms. The van der Waals surface area contributed by atoms with Gasteiger partial charge in [-0.15, -0.1) is 0 Å². The topological polar surface area (TPSA) is 45.8 Å². The molecule has 0 saturated heterocycles. The van der Waals surface area contributed by atoms with E-state index in [2.05, 4.69) is 9.97 Å². The zero-order chi connectivity index (χ0) is 14.8. The summed E-state index contributed by atoms with van der Waals surface area (Å²) in [6.07, 6.45) is 0. The summed E-state index contributed by atoms with van der Waals surface area (Å²) in [5.41, 5.74) is 1.71. The van der Waals surface area contributed by atoms with E-state index >= 15 is 0 Å². The lowest BCUT2D eigenvalue weighted by atomic mass is 10.1. The Morgan fingerprint density at radius 3 is 2.48 bits per heavy atom. The van der Waals surface area contributed by atoms with Crippen LogP contribution in [0.5, 0.6) is 0 Å².